The number of ether oxygens (including phenoxy) is 3. The van der Waals surface area contributed by atoms with Crippen molar-refractivity contribution >= 4 is 41.1 Å². The Hall–Kier alpha value is -6.22. The van der Waals surface area contributed by atoms with Gasteiger partial charge in [-0.05, 0) is 239 Å². The van der Waals surface area contributed by atoms with Gasteiger partial charge in [0.05, 0.1) is 19.8 Å². The second-order valence-electron chi connectivity index (χ2n) is 29.1. The maximum absolute atomic E-state index is 14.5. The van der Waals surface area contributed by atoms with Crippen molar-refractivity contribution in [3.63, 3.8) is 0 Å². The normalized spacial score (nSPS) is 28.5. The van der Waals surface area contributed by atoms with Crippen LogP contribution in [0.2, 0.25) is 0 Å². The topological polar surface area (TPSA) is 149 Å². The van der Waals surface area contributed by atoms with E-state index in [0.29, 0.717) is 50.7 Å². The molecule has 17 nitrogen and oxygen atoms in total. The fourth-order valence-electron chi connectivity index (χ4n) is 19.1. The molecular weight excluding hydrogens is 1160 g/mol. The number of anilines is 3. The first kappa shape index (κ1) is 62.2. The summed E-state index contributed by atoms with van der Waals surface area (Å²) in [6, 6.07) is 19.0. The van der Waals surface area contributed by atoms with Crippen molar-refractivity contribution in [1.29, 1.82) is 0 Å². The average Bonchev–Trinajstić information content (AvgIpc) is 1.60. The number of nitrogens with zero attached hydrogens (tertiary/aromatic N) is 9. The minimum absolute atomic E-state index is 0. The molecule has 7 saturated heterocycles. The van der Waals surface area contributed by atoms with E-state index in [1.54, 1.807) is 52.9 Å². The van der Waals surface area contributed by atoms with Crippen LogP contribution in [0.25, 0.3) is 0 Å². The van der Waals surface area contributed by atoms with Crippen LogP contribution in [0.15, 0.2) is 60.7 Å². The predicted octanol–water partition coefficient (Wildman–Crippen LogP) is 10.9. The van der Waals surface area contributed by atoms with Gasteiger partial charge in [-0.25, -0.2) is 22.8 Å². The number of halogens is 3. The summed E-state index contributed by atoms with van der Waals surface area (Å²) in [5.74, 6) is 1.31. The largest absolute Gasteiger partial charge is 0.450 e. The molecule has 12 aliphatic rings. The molecule has 0 radical (unpaired) electrons. The van der Waals surface area contributed by atoms with Crippen molar-refractivity contribution in [2.24, 2.45) is 18.9 Å². The Morgan fingerprint density at radius 1 is 0.637 bits per heavy atom. The van der Waals surface area contributed by atoms with Crippen molar-refractivity contribution in [1.82, 2.24) is 34.3 Å². The van der Waals surface area contributed by atoms with Crippen LogP contribution in [0.5, 0.6) is 0 Å². The Labute approximate surface area is 535 Å². The van der Waals surface area contributed by atoms with Gasteiger partial charge in [0.1, 0.15) is 23.6 Å². The van der Waals surface area contributed by atoms with Crippen LogP contribution in [0, 0.1) is 36.2 Å². The number of fused-ring (bicyclic) bond motifs is 10. The van der Waals surface area contributed by atoms with Crippen LogP contribution in [-0.2, 0) is 42.3 Å². The number of piperidine rings is 5. The molecule has 1 N–H and O–H groups in total. The Kier molecular flexibility index (Phi) is 17.3. The first-order chi connectivity index (χ1) is 44.0. The lowest BCUT2D eigenvalue weighted by atomic mass is 9.73. The molecule has 492 valence electrons. The standard InChI is InChI=1S/C30H38FN5O4.C22H30FN3O3.C19H25FN2.H2/c1-19-13-26(32-33(19)2)28(37)35-18-30(25-14-20(31)3-6-27(25)35)8-10-34(11-9-30)23-15-21-4-5-22(16-23)36(21)29(38)40-24-7-12-39-17-24;1-3-29-21(28)25-10-6-18(7-11-25)24-12-8-22(9-13-24)15-26(16(2)27)20-5-4-17(23)14-19(20)22;20-15-3-4-17-16(11-15)19(12-21-17)5-7-22(8-6-19)18-10-13-1-2-14(18)9-13;/h3,6,13-14,21-24H,4-5,7-12,15-18H2,1-2H3;4-5,14,18H,3,6-13,15H2,1-2H3;3-4,11,13-14,18,21H,1-2,5-10,12H2;1H/t21?,22?,23?,24-;;;/m0.../s1. The SMILES string of the molecule is CCOC(=O)N1CCC(N2CCC3(CC2)CN(C(C)=O)c2ccc(F)cc23)CC1.Cc1cc(C(=O)N2CC3(CCN(C4CC5CCC(C4)N5C(=O)O[C@H]4CCOC4)CC3)c3cc(F)ccc32)nn1C.Fc1ccc2c(c1)C1(CCN(C3CC4CCC3C4)CC1)CN2.[HH]. The van der Waals surface area contributed by atoms with E-state index in [4.69, 9.17) is 14.2 Å². The van der Waals surface area contributed by atoms with Gasteiger partial charge in [-0.3, -0.25) is 14.3 Å². The van der Waals surface area contributed by atoms with Gasteiger partial charge in [-0.15, -0.1) is 0 Å². The molecule has 20 heteroatoms. The van der Waals surface area contributed by atoms with Crippen molar-refractivity contribution < 1.29 is 48.0 Å². The smallest absolute Gasteiger partial charge is 0.410 e. The molecule has 5 unspecified atom stereocenters. The number of amides is 4. The molecule has 10 aliphatic heterocycles. The van der Waals surface area contributed by atoms with Gasteiger partial charge in [0.25, 0.3) is 5.91 Å². The summed E-state index contributed by atoms with van der Waals surface area (Å²) in [5, 5.41) is 7.93. The molecule has 16 rings (SSSR count). The van der Waals surface area contributed by atoms with Crippen LogP contribution in [0.4, 0.5) is 39.8 Å². The highest BCUT2D eigenvalue weighted by Crippen LogP contribution is 2.53. The third-order valence-corrected chi connectivity index (χ3v) is 24.2. The summed E-state index contributed by atoms with van der Waals surface area (Å²) in [6.45, 7) is 16.6. The third-order valence-electron chi connectivity index (χ3n) is 24.2. The van der Waals surface area contributed by atoms with E-state index in [-0.39, 0.29) is 77.3 Å². The first-order valence-corrected chi connectivity index (χ1v) is 34.4. The molecular formula is C71H95F3N10O7. The van der Waals surface area contributed by atoms with Crippen molar-refractivity contribution in [3.8, 4) is 0 Å². The van der Waals surface area contributed by atoms with Crippen molar-refractivity contribution in [3.05, 3.63) is 106 Å². The number of carbonyl (C=O) groups excluding carboxylic acids is 4. The number of rotatable bonds is 6. The summed E-state index contributed by atoms with van der Waals surface area (Å²) in [7, 11) is 1.83. The summed E-state index contributed by atoms with van der Waals surface area (Å²) in [5.41, 5.74) is 7.13. The van der Waals surface area contributed by atoms with Crippen molar-refractivity contribution in [2.75, 3.05) is 107 Å². The molecule has 3 aromatic carbocycles. The van der Waals surface area contributed by atoms with Gasteiger partial charge in [0.2, 0.25) is 5.91 Å². The lowest BCUT2D eigenvalue weighted by molar-refractivity contribution is -0.116. The van der Waals surface area contributed by atoms with Gasteiger partial charge in [0, 0.05) is 124 Å². The highest BCUT2D eigenvalue weighted by Gasteiger charge is 2.53. The molecule has 9 fully saturated rings. The highest BCUT2D eigenvalue weighted by molar-refractivity contribution is 6.06. The zero-order chi connectivity index (χ0) is 62.9. The number of hydrogen-bond acceptors (Lipinski definition) is 12. The van der Waals surface area contributed by atoms with E-state index in [0.717, 1.165) is 168 Å². The van der Waals surface area contributed by atoms with Crippen LogP contribution in [0.3, 0.4) is 0 Å². The number of carbonyl (C=O) groups is 4. The minimum atomic E-state index is -0.264. The van der Waals surface area contributed by atoms with E-state index >= 15 is 0 Å². The molecule has 6 atom stereocenters. The van der Waals surface area contributed by atoms with E-state index in [1.807, 2.05) is 47.7 Å². The Morgan fingerprint density at radius 3 is 1.78 bits per heavy atom. The fraction of sp³-hybridized carbons (Fsp3) is 0.648. The molecule has 1 aromatic heterocycles. The predicted molar refractivity (Wildman–Crippen MR) is 343 cm³/mol. The lowest BCUT2D eigenvalue weighted by Gasteiger charge is -2.47. The number of benzene rings is 3. The Bertz CT molecular complexity index is 3340. The van der Waals surface area contributed by atoms with Gasteiger partial charge in [-0.1, -0.05) is 6.42 Å². The number of aryl methyl sites for hydroxylation is 2. The second kappa shape index (κ2) is 25.3. The first-order valence-electron chi connectivity index (χ1n) is 34.4. The molecule has 4 amide bonds. The maximum Gasteiger partial charge on any atom is 0.410 e. The number of likely N-dealkylation sites (tertiary alicyclic amines) is 4. The number of nitrogens with one attached hydrogen (secondary N) is 1. The fourth-order valence-corrected chi connectivity index (χ4v) is 19.1. The van der Waals surface area contributed by atoms with E-state index < -0.39 is 0 Å². The quantitative estimate of drug-likeness (QED) is 0.196. The highest BCUT2D eigenvalue weighted by atomic mass is 19.1. The van der Waals surface area contributed by atoms with E-state index in [1.165, 1.54) is 69.3 Å². The summed E-state index contributed by atoms with van der Waals surface area (Å²) < 4.78 is 60.2. The average molecular weight is 1260 g/mol. The summed E-state index contributed by atoms with van der Waals surface area (Å²) in [4.78, 5) is 65.9. The van der Waals surface area contributed by atoms with Gasteiger partial charge in [0.15, 0.2) is 5.69 Å². The molecule has 4 aromatic rings. The minimum Gasteiger partial charge on any atom is -0.450 e. The molecule has 2 saturated carbocycles. The van der Waals surface area contributed by atoms with E-state index in [9.17, 15) is 32.3 Å². The summed E-state index contributed by atoms with van der Waals surface area (Å²) in [6.07, 6.45) is 18.0. The van der Waals surface area contributed by atoms with Crippen LogP contribution in [-0.4, -0.2) is 186 Å². The van der Waals surface area contributed by atoms with Crippen LogP contribution >= 0.6 is 0 Å². The lowest BCUT2D eigenvalue weighted by Crippen LogP contribution is -2.56. The monoisotopic (exact) mass is 1260 g/mol. The van der Waals surface area contributed by atoms with Gasteiger partial charge < -0.3 is 53.8 Å². The van der Waals surface area contributed by atoms with Gasteiger partial charge >= 0.3 is 12.2 Å². The molecule has 4 bridgehead atoms. The zero-order valence-corrected chi connectivity index (χ0v) is 53.8. The molecule has 91 heavy (non-hydrogen) atoms. The van der Waals surface area contributed by atoms with Crippen LogP contribution < -0.4 is 15.1 Å². The van der Waals surface area contributed by atoms with E-state index in [2.05, 4.69) is 25.1 Å². The van der Waals surface area contributed by atoms with Crippen LogP contribution in [0.1, 0.15) is 157 Å². The third kappa shape index (κ3) is 11.9. The Balaban J connectivity index is 0.000000131. The summed E-state index contributed by atoms with van der Waals surface area (Å²) >= 11 is 0. The van der Waals surface area contributed by atoms with Gasteiger partial charge in [-0.2, -0.15) is 5.10 Å². The number of hydrogen-bond donors (Lipinski definition) is 1. The van der Waals surface area contributed by atoms with Crippen molar-refractivity contribution in [2.45, 2.75) is 182 Å². The zero-order valence-electron chi connectivity index (χ0n) is 53.8. The molecule has 2 aliphatic carbocycles. The second-order valence-corrected chi connectivity index (χ2v) is 29.1. The number of aromatic nitrogens is 2. The molecule has 3 spiro atoms. The molecule has 11 heterocycles. The Morgan fingerprint density at radius 2 is 1.22 bits per heavy atom. The maximum atomic E-state index is 14.5.